The third kappa shape index (κ3) is 1.15. The molecule has 0 fully saturated rings. The molecule has 1 aromatic rings. The Morgan fingerprint density at radius 1 is 1.23 bits per heavy atom. The summed E-state index contributed by atoms with van der Waals surface area (Å²) in [5.41, 5.74) is 5.18. The lowest BCUT2D eigenvalue weighted by atomic mass is 9.98. The number of hydrogen-bond acceptors (Lipinski definition) is 1. The summed E-state index contributed by atoms with van der Waals surface area (Å²) >= 11 is 0. The van der Waals surface area contributed by atoms with E-state index in [9.17, 15) is 0 Å². The summed E-state index contributed by atoms with van der Waals surface area (Å²) in [5.74, 6) is 1.91. The van der Waals surface area contributed by atoms with E-state index in [1.54, 1.807) is 0 Å². The zero-order chi connectivity index (χ0) is 9.59. The second-order valence-electron chi connectivity index (χ2n) is 3.76. The van der Waals surface area contributed by atoms with E-state index in [1.807, 2.05) is 0 Å². The van der Waals surface area contributed by atoms with Gasteiger partial charge in [-0.1, -0.05) is 12.6 Å². The van der Waals surface area contributed by atoms with Gasteiger partial charge in [-0.25, -0.2) is 0 Å². The molecule has 0 N–H and O–H groups in total. The molecule has 1 aromatic carbocycles. The van der Waals surface area contributed by atoms with E-state index in [0.717, 1.165) is 17.9 Å². The Hall–Kier alpha value is -1.24. The molecule has 13 heavy (non-hydrogen) atoms. The average molecular weight is 174 g/mol. The van der Waals surface area contributed by atoms with Gasteiger partial charge in [-0.05, 0) is 37.5 Å². The smallest absolute Gasteiger partial charge is 0.133 e. The van der Waals surface area contributed by atoms with Crippen molar-refractivity contribution in [2.75, 3.05) is 0 Å². The van der Waals surface area contributed by atoms with Crippen molar-refractivity contribution in [2.45, 2.75) is 27.2 Å². The molecule has 0 amide bonds. The fraction of sp³-hybridized carbons (Fsp3) is 0.333. The monoisotopic (exact) mass is 174 g/mol. The molecule has 1 aliphatic rings. The van der Waals surface area contributed by atoms with E-state index in [1.165, 1.54) is 22.3 Å². The summed E-state index contributed by atoms with van der Waals surface area (Å²) in [6.07, 6.45) is 0.877. The lowest BCUT2D eigenvalue weighted by Gasteiger charge is -2.08. The average Bonchev–Trinajstić information content (AvgIpc) is 2.44. The molecule has 0 aromatic heterocycles. The molecule has 0 bridgehead atoms. The molecule has 0 radical (unpaired) electrons. The van der Waals surface area contributed by atoms with Crippen LogP contribution in [0.15, 0.2) is 18.4 Å². The fourth-order valence-corrected chi connectivity index (χ4v) is 1.84. The highest BCUT2D eigenvalue weighted by Crippen LogP contribution is 2.37. The Morgan fingerprint density at radius 3 is 2.62 bits per heavy atom. The Balaban J connectivity index is 2.69. The highest BCUT2D eigenvalue weighted by molar-refractivity contribution is 5.54. The molecule has 0 aliphatic carbocycles. The fourth-order valence-electron chi connectivity index (χ4n) is 1.84. The quantitative estimate of drug-likeness (QED) is 0.587. The van der Waals surface area contributed by atoms with Gasteiger partial charge < -0.3 is 4.74 Å². The van der Waals surface area contributed by atoms with Gasteiger partial charge in [0.2, 0.25) is 0 Å². The van der Waals surface area contributed by atoms with Crippen LogP contribution in [0.3, 0.4) is 0 Å². The lowest BCUT2D eigenvalue weighted by molar-refractivity contribution is 0.446. The normalized spacial score (nSPS) is 14.2. The van der Waals surface area contributed by atoms with Gasteiger partial charge in [0, 0.05) is 12.0 Å². The summed E-state index contributed by atoms with van der Waals surface area (Å²) in [6.45, 7) is 10.2. The first-order valence-electron chi connectivity index (χ1n) is 4.55. The van der Waals surface area contributed by atoms with Gasteiger partial charge in [-0.2, -0.15) is 0 Å². The minimum atomic E-state index is 0.867. The molecule has 1 aliphatic heterocycles. The molecule has 2 rings (SSSR count). The maximum atomic E-state index is 5.60. The number of benzene rings is 1. The van der Waals surface area contributed by atoms with Gasteiger partial charge in [0.25, 0.3) is 0 Å². The Morgan fingerprint density at radius 2 is 1.92 bits per heavy atom. The molecule has 0 spiro atoms. The van der Waals surface area contributed by atoms with Crippen LogP contribution in [0, 0.1) is 20.8 Å². The number of hydrogen-bond donors (Lipinski definition) is 0. The van der Waals surface area contributed by atoms with E-state index in [-0.39, 0.29) is 0 Å². The summed E-state index contributed by atoms with van der Waals surface area (Å²) in [6, 6.07) is 2.22. The Labute approximate surface area is 79.0 Å². The summed E-state index contributed by atoms with van der Waals surface area (Å²) in [7, 11) is 0. The van der Waals surface area contributed by atoms with Crippen molar-refractivity contribution in [3.8, 4) is 5.75 Å². The van der Waals surface area contributed by atoms with Crippen LogP contribution < -0.4 is 4.74 Å². The van der Waals surface area contributed by atoms with E-state index < -0.39 is 0 Å². The van der Waals surface area contributed by atoms with Crippen molar-refractivity contribution in [3.05, 3.63) is 40.7 Å². The van der Waals surface area contributed by atoms with Gasteiger partial charge in [0.15, 0.2) is 0 Å². The highest BCUT2D eigenvalue weighted by Gasteiger charge is 2.20. The maximum Gasteiger partial charge on any atom is 0.133 e. The standard InChI is InChI=1S/C12H14O/c1-7-5-8(2)11-6-9(3)13-12(11)10(7)4/h5H,3,6H2,1-2,4H3. The molecule has 1 nitrogen and oxygen atoms in total. The third-order valence-corrected chi connectivity index (χ3v) is 2.74. The van der Waals surface area contributed by atoms with E-state index >= 15 is 0 Å². The van der Waals surface area contributed by atoms with Crippen molar-refractivity contribution in [1.29, 1.82) is 0 Å². The third-order valence-electron chi connectivity index (χ3n) is 2.74. The molecule has 68 valence electrons. The molecule has 0 atom stereocenters. The highest BCUT2D eigenvalue weighted by atomic mass is 16.5. The largest absolute Gasteiger partial charge is 0.461 e. The topological polar surface area (TPSA) is 9.23 Å². The van der Waals surface area contributed by atoms with Crippen LogP contribution in [-0.4, -0.2) is 0 Å². The van der Waals surface area contributed by atoms with E-state index in [0.29, 0.717) is 0 Å². The number of allylic oxidation sites excluding steroid dienone is 1. The number of aryl methyl sites for hydroxylation is 2. The predicted octanol–water partition coefficient (Wildman–Crippen LogP) is 3.06. The first kappa shape index (κ1) is 8.36. The Bertz CT molecular complexity index is 389. The maximum absolute atomic E-state index is 5.60. The predicted molar refractivity (Wildman–Crippen MR) is 54.1 cm³/mol. The second-order valence-corrected chi connectivity index (χ2v) is 3.76. The van der Waals surface area contributed by atoms with Gasteiger partial charge in [0.05, 0.1) is 0 Å². The summed E-state index contributed by atoms with van der Waals surface area (Å²) in [5, 5.41) is 0. The zero-order valence-electron chi connectivity index (χ0n) is 8.40. The van der Waals surface area contributed by atoms with E-state index in [4.69, 9.17) is 4.74 Å². The molecule has 0 unspecified atom stereocenters. The number of ether oxygens (including phenoxy) is 1. The number of rotatable bonds is 0. The van der Waals surface area contributed by atoms with Crippen molar-refractivity contribution in [3.63, 3.8) is 0 Å². The Kier molecular flexibility index (Phi) is 1.69. The van der Waals surface area contributed by atoms with Crippen molar-refractivity contribution >= 4 is 0 Å². The molecule has 0 saturated carbocycles. The minimum Gasteiger partial charge on any atom is -0.461 e. The first-order valence-corrected chi connectivity index (χ1v) is 4.55. The molecule has 1 heteroatoms. The first-order chi connectivity index (χ1) is 6.09. The van der Waals surface area contributed by atoms with Crippen LogP contribution in [0.5, 0.6) is 5.75 Å². The van der Waals surface area contributed by atoms with Crippen LogP contribution in [0.1, 0.15) is 22.3 Å². The lowest BCUT2D eigenvalue weighted by Crippen LogP contribution is -1.90. The van der Waals surface area contributed by atoms with Crippen LogP contribution >= 0.6 is 0 Å². The van der Waals surface area contributed by atoms with Gasteiger partial charge >= 0.3 is 0 Å². The van der Waals surface area contributed by atoms with Crippen molar-refractivity contribution in [2.24, 2.45) is 0 Å². The van der Waals surface area contributed by atoms with E-state index in [2.05, 4.69) is 33.4 Å². The summed E-state index contributed by atoms with van der Waals surface area (Å²) in [4.78, 5) is 0. The SMILES string of the molecule is C=C1Cc2c(C)cc(C)c(C)c2O1. The molecular formula is C12H14O. The van der Waals surface area contributed by atoms with Gasteiger partial charge in [0.1, 0.15) is 11.5 Å². The van der Waals surface area contributed by atoms with Gasteiger partial charge in [-0.3, -0.25) is 0 Å². The van der Waals surface area contributed by atoms with Crippen LogP contribution in [0.2, 0.25) is 0 Å². The van der Waals surface area contributed by atoms with Crippen LogP contribution in [0.25, 0.3) is 0 Å². The molecule has 0 saturated heterocycles. The van der Waals surface area contributed by atoms with Crippen molar-refractivity contribution < 1.29 is 4.74 Å². The minimum absolute atomic E-state index is 0.867. The zero-order valence-corrected chi connectivity index (χ0v) is 8.40. The molecule has 1 heterocycles. The van der Waals surface area contributed by atoms with Gasteiger partial charge in [-0.15, -0.1) is 0 Å². The summed E-state index contributed by atoms with van der Waals surface area (Å²) < 4.78 is 5.60. The molecular weight excluding hydrogens is 160 g/mol. The van der Waals surface area contributed by atoms with Crippen molar-refractivity contribution in [1.82, 2.24) is 0 Å². The van der Waals surface area contributed by atoms with Crippen LogP contribution in [-0.2, 0) is 6.42 Å². The second kappa shape index (κ2) is 2.63. The van der Waals surface area contributed by atoms with Crippen LogP contribution in [0.4, 0.5) is 0 Å². The number of fused-ring (bicyclic) bond motifs is 1.